The summed E-state index contributed by atoms with van der Waals surface area (Å²) in [7, 11) is 0. The minimum absolute atomic E-state index is 0.134. The number of nitrogens with one attached hydrogen (secondary N) is 1. The van der Waals surface area contributed by atoms with E-state index in [1.165, 1.54) is 0 Å². The molecule has 0 bridgehead atoms. The monoisotopic (exact) mass is 430 g/mol. The maximum absolute atomic E-state index is 13.1. The lowest BCUT2D eigenvalue weighted by atomic mass is 10.1. The lowest BCUT2D eigenvalue weighted by Crippen LogP contribution is -2.49. The lowest BCUT2D eigenvalue weighted by molar-refractivity contribution is -0.142. The second-order valence-electron chi connectivity index (χ2n) is 7.46. The fraction of sp³-hybridized carbons (Fsp3) is 0.417. The van der Waals surface area contributed by atoms with Crippen LogP contribution in [0.3, 0.4) is 0 Å². The first kappa shape index (κ1) is 23.7. The third kappa shape index (κ3) is 6.77. The fourth-order valence-corrected chi connectivity index (χ4v) is 3.13. The summed E-state index contributed by atoms with van der Waals surface area (Å²) in [6, 6.07) is 12.4. The molecule has 0 saturated carbocycles. The highest BCUT2D eigenvalue weighted by Gasteiger charge is 2.26. The first-order chi connectivity index (χ1) is 14.3. The predicted molar refractivity (Wildman–Crippen MR) is 121 cm³/mol. The van der Waals surface area contributed by atoms with Gasteiger partial charge in [-0.15, -0.1) is 0 Å². The van der Waals surface area contributed by atoms with E-state index in [2.05, 4.69) is 12.2 Å². The third-order valence-electron chi connectivity index (χ3n) is 5.17. The third-order valence-corrected chi connectivity index (χ3v) is 5.42. The first-order valence-corrected chi connectivity index (χ1v) is 10.7. The van der Waals surface area contributed by atoms with E-state index in [0.29, 0.717) is 23.9 Å². The summed E-state index contributed by atoms with van der Waals surface area (Å²) >= 11 is 5.98. The van der Waals surface area contributed by atoms with Crippen molar-refractivity contribution in [2.75, 3.05) is 13.2 Å². The van der Waals surface area contributed by atoms with Crippen LogP contribution in [0.25, 0.3) is 0 Å². The highest BCUT2D eigenvalue weighted by molar-refractivity contribution is 6.30. The number of halogens is 1. The lowest BCUT2D eigenvalue weighted by Gasteiger charge is -2.29. The van der Waals surface area contributed by atoms with Gasteiger partial charge in [0, 0.05) is 18.1 Å². The molecule has 1 unspecified atom stereocenters. The molecule has 30 heavy (non-hydrogen) atoms. The van der Waals surface area contributed by atoms with E-state index in [0.717, 1.165) is 29.5 Å². The molecule has 0 radical (unpaired) electrons. The molecule has 0 spiro atoms. The van der Waals surface area contributed by atoms with Crippen LogP contribution >= 0.6 is 11.6 Å². The zero-order valence-electron chi connectivity index (χ0n) is 18.2. The van der Waals surface area contributed by atoms with Gasteiger partial charge in [0.15, 0.2) is 6.61 Å². The van der Waals surface area contributed by atoms with Crippen molar-refractivity contribution in [1.29, 1.82) is 0 Å². The number of rotatable bonds is 10. The Labute approximate surface area is 184 Å². The molecule has 2 aromatic rings. The minimum atomic E-state index is -0.618. The molecule has 0 saturated heterocycles. The highest BCUT2D eigenvalue weighted by Crippen LogP contribution is 2.21. The maximum atomic E-state index is 13.1. The molecule has 6 heteroatoms. The van der Waals surface area contributed by atoms with Gasteiger partial charge in [-0.1, -0.05) is 49.2 Å². The second kappa shape index (κ2) is 11.6. The van der Waals surface area contributed by atoms with Gasteiger partial charge in [0.2, 0.25) is 5.91 Å². The molecule has 2 rings (SSSR count). The summed E-state index contributed by atoms with van der Waals surface area (Å²) in [6.45, 7) is 8.54. The highest BCUT2D eigenvalue weighted by atomic mass is 35.5. The molecule has 0 aliphatic carbocycles. The van der Waals surface area contributed by atoms with E-state index in [-0.39, 0.29) is 18.4 Å². The van der Waals surface area contributed by atoms with Crippen LogP contribution in [0.1, 0.15) is 43.4 Å². The molecule has 0 fully saturated rings. The van der Waals surface area contributed by atoms with Crippen molar-refractivity contribution in [2.24, 2.45) is 0 Å². The summed E-state index contributed by atoms with van der Waals surface area (Å²) in [5, 5.41) is 3.53. The Bertz CT molecular complexity index is 852. The summed E-state index contributed by atoms with van der Waals surface area (Å²) in [5.41, 5.74) is 2.99. The minimum Gasteiger partial charge on any atom is -0.483 e. The van der Waals surface area contributed by atoms with Crippen LogP contribution < -0.4 is 10.1 Å². The Morgan fingerprint density at radius 1 is 1.13 bits per heavy atom. The fourth-order valence-electron chi connectivity index (χ4n) is 3.01. The molecule has 0 aliphatic heterocycles. The molecule has 0 heterocycles. The molecule has 0 aliphatic rings. The van der Waals surface area contributed by atoms with Crippen molar-refractivity contribution in [3.05, 3.63) is 64.2 Å². The predicted octanol–water partition coefficient (Wildman–Crippen LogP) is 4.67. The van der Waals surface area contributed by atoms with Gasteiger partial charge in [0.1, 0.15) is 11.8 Å². The van der Waals surface area contributed by atoms with Crippen molar-refractivity contribution in [2.45, 2.75) is 53.1 Å². The van der Waals surface area contributed by atoms with Crippen LogP contribution in [-0.2, 0) is 16.1 Å². The molecule has 0 aromatic heterocycles. The molecular weight excluding hydrogens is 400 g/mol. The number of carbonyl (C=O) groups excluding carboxylic acids is 2. The van der Waals surface area contributed by atoms with Gasteiger partial charge in [-0.3, -0.25) is 9.59 Å². The van der Waals surface area contributed by atoms with Crippen molar-refractivity contribution in [3.8, 4) is 5.75 Å². The van der Waals surface area contributed by atoms with Crippen molar-refractivity contribution in [1.82, 2.24) is 10.2 Å². The summed E-state index contributed by atoms with van der Waals surface area (Å²) in [5.74, 6) is 0.261. The zero-order valence-corrected chi connectivity index (χ0v) is 19.0. The Kier molecular flexibility index (Phi) is 9.18. The van der Waals surface area contributed by atoms with Crippen LogP contribution in [0.5, 0.6) is 5.75 Å². The molecule has 2 aromatic carbocycles. The van der Waals surface area contributed by atoms with Gasteiger partial charge >= 0.3 is 0 Å². The van der Waals surface area contributed by atoms with E-state index in [1.54, 1.807) is 24.0 Å². The van der Waals surface area contributed by atoms with Crippen LogP contribution in [0, 0.1) is 13.8 Å². The quantitative estimate of drug-likeness (QED) is 0.557. The Hall–Kier alpha value is -2.53. The SMILES string of the molecule is CCCCNC(=O)C(C)N(Cc1ccc(Cl)cc1)C(=O)COc1cccc(C)c1C. The number of hydrogen-bond acceptors (Lipinski definition) is 3. The Morgan fingerprint density at radius 2 is 1.83 bits per heavy atom. The number of ether oxygens (including phenoxy) is 1. The van der Waals surface area contributed by atoms with E-state index in [4.69, 9.17) is 16.3 Å². The van der Waals surface area contributed by atoms with Crippen LogP contribution in [0.15, 0.2) is 42.5 Å². The number of aryl methyl sites for hydroxylation is 1. The summed E-state index contributed by atoms with van der Waals surface area (Å²) < 4.78 is 5.80. The first-order valence-electron chi connectivity index (χ1n) is 10.3. The number of hydrogen-bond donors (Lipinski definition) is 1. The molecular formula is C24H31ClN2O3. The number of nitrogens with zero attached hydrogens (tertiary/aromatic N) is 1. The van der Waals surface area contributed by atoms with Gasteiger partial charge in [-0.05, 0) is 62.1 Å². The van der Waals surface area contributed by atoms with Crippen LogP contribution in [0.2, 0.25) is 5.02 Å². The number of benzene rings is 2. The van der Waals surface area contributed by atoms with Gasteiger partial charge in [0.25, 0.3) is 5.91 Å². The summed E-state index contributed by atoms with van der Waals surface area (Å²) in [4.78, 5) is 27.2. The van der Waals surface area contributed by atoms with Gasteiger partial charge in [0.05, 0.1) is 0 Å². The molecule has 162 valence electrons. The van der Waals surface area contributed by atoms with Gasteiger partial charge in [-0.2, -0.15) is 0 Å². The standard InChI is InChI=1S/C24H31ClN2O3/c1-5-6-14-26-24(29)19(4)27(15-20-10-12-21(25)13-11-20)23(28)16-30-22-9-7-8-17(2)18(22)3/h7-13,19H,5-6,14-16H2,1-4H3,(H,26,29). The van der Waals surface area contributed by atoms with E-state index in [9.17, 15) is 9.59 Å². The second-order valence-corrected chi connectivity index (χ2v) is 7.89. The number of amides is 2. The van der Waals surface area contributed by atoms with E-state index in [1.807, 2.05) is 44.2 Å². The topological polar surface area (TPSA) is 58.6 Å². The van der Waals surface area contributed by atoms with E-state index >= 15 is 0 Å². The zero-order chi connectivity index (χ0) is 22.1. The van der Waals surface area contributed by atoms with Crippen molar-refractivity contribution < 1.29 is 14.3 Å². The number of unbranched alkanes of at least 4 members (excludes halogenated alkanes) is 1. The Morgan fingerprint density at radius 3 is 2.50 bits per heavy atom. The molecule has 1 N–H and O–H groups in total. The average molecular weight is 431 g/mol. The molecule has 1 atom stereocenters. The molecule has 5 nitrogen and oxygen atoms in total. The van der Waals surface area contributed by atoms with Crippen LogP contribution in [0.4, 0.5) is 0 Å². The van der Waals surface area contributed by atoms with Crippen molar-refractivity contribution >= 4 is 23.4 Å². The normalized spacial score (nSPS) is 11.6. The van der Waals surface area contributed by atoms with Crippen molar-refractivity contribution in [3.63, 3.8) is 0 Å². The largest absolute Gasteiger partial charge is 0.483 e. The smallest absolute Gasteiger partial charge is 0.261 e. The number of carbonyl (C=O) groups is 2. The van der Waals surface area contributed by atoms with Gasteiger partial charge in [-0.25, -0.2) is 0 Å². The van der Waals surface area contributed by atoms with Crippen LogP contribution in [-0.4, -0.2) is 35.9 Å². The summed E-state index contributed by atoms with van der Waals surface area (Å²) in [6.07, 6.45) is 1.89. The van der Waals surface area contributed by atoms with Gasteiger partial charge < -0.3 is 15.0 Å². The maximum Gasteiger partial charge on any atom is 0.261 e. The Balaban J connectivity index is 2.13. The molecule has 2 amide bonds. The van der Waals surface area contributed by atoms with E-state index < -0.39 is 6.04 Å². The average Bonchev–Trinajstić information content (AvgIpc) is 2.73.